The molecule has 0 fully saturated rings. The van der Waals surface area contributed by atoms with Gasteiger partial charge in [0, 0.05) is 17.2 Å². The number of nitrogens with one attached hydrogen (secondary N) is 1. The van der Waals surface area contributed by atoms with Crippen molar-refractivity contribution in [2.45, 2.75) is 52.6 Å². The van der Waals surface area contributed by atoms with Gasteiger partial charge in [0.25, 0.3) is 0 Å². The molecule has 0 aromatic carbocycles. The standard InChI is InChI=1S/C16H22ClNO3S/c1-9(2)21-16(20)14-11-5-4-10(3)8-12(11)22-15(14)18-13(19)6-7-17/h9-10H,4-8H2,1-3H3,(H,18,19)/t10-/m1/s1. The first-order valence-electron chi connectivity index (χ1n) is 7.63. The van der Waals surface area contributed by atoms with Gasteiger partial charge in [0.15, 0.2) is 0 Å². The maximum atomic E-state index is 12.4. The third-order valence-corrected chi connectivity index (χ3v) is 4.99. The highest BCUT2D eigenvalue weighted by Crippen LogP contribution is 2.40. The molecule has 0 unspecified atom stereocenters. The molecule has 0 spiro atoms. The van der Waals surface area contributed by atoms with Gasteiger partial charge in [0.1, 0.15) is 5.00 Å². The molecule has 122 valence electrons. The van der Waals surface area contributed by atoms with Gasteiger partial charge >= 0.3 is 5.97 Å². The number of hydrogen-bond acceptors (Lipinski definition) is 4. The fourth-order valence-electron chi connectivity index (χ4n) is 2.60. The molecule has 2 rings (SSSR count). The van der Waals surface area contributed by atoms with Crippen molar-refractivity contribution in [1.82, 2.24) is 0 Å². The minimum atomic E-state index is -0.344. The predicted molar refractivity (Wildman–Crippen MR) is 90.0 cm³/mol. The van der Waals surface area contributed by atoms with Gasteiger partial charge in [0.05, 0.1) is 11.7 Å². The van der Waals surface area contributed by atoms with E-state index in [0.29, 0.717) is 16.5 Å². The Morgan fingerprint density at radius 2 is 2.18 bits per heavy atom. The number of anilines is 1. The summed E-state index contributed by atoms with van der Waals surface area (Å²) in [6.45, 7) is 5.86. The van der Waals surface area contributed by atoms with E-state index in [-0.39, 0.29) is 30.3 Å². The van der Waals surface area contributed by atoms with Crippen LogP contribution in [-0.4, -0.2) is 23.9 Å². The molecule has 1 amide bonds. The van der Waals surface area contributed by atoms with Crippen LogP contribution < -0.4 is 5.32 Å². The fraction of sp³-hybridized carbons (Fsp3) is 0.625. The quantitative estimate of drug-likeness (QED) is 0.649. The van der Waals surface area contributed by atoms with Crippen molar-refractivity contribution in [2.75, 3.05) is 11.2 Å². The van der Waals surface area contributed by atoms with Crippen molar-refractivity contribution >= 4 is 39.8 Å². The third-order valence-electron chi connectivity index (χ3n) is 3.63. The Bertz CT molecular complexity index is 568. The van der Waals surface area contributed by atoms with Crippen molar-refractivity contribution in [3.8, 4) is 0 Å². The van der Waals surface area contributed by atoms with E-state index in [4.69, 9.17) is 16.3 Å². The lowest BCUT2D eigenvalue weighted by Crippen LogP contribution is -2.18. The van der Waals surface area contributed by atoms with Gasteiger partial charge < -0.3 is 10.1 Å². The number of thiophene rings is 1. The van der Waals surface area contributed by atoms with Crippen LogP contribution in [0.3, 0.4) is 0 Å². The molecule has 1 aliphatic rings. The second-order valence-electron chi connectivity index (χ2n) is 6.00. The van der Waals surface area contributed by atoms with Crippen LogP contribution in [0.25, 0.3) is 0 Å². The third kappa shape index (κ3) is 4.02. The summed E-state index contributed by atoms with van der Waals surface area (Å²) < 4.78 is 5.36. The molecule has 0 aliphatic heterocycles. The summed E-state index contributed by atoms with van der Waals surface area (Å²) in [6.07, 6.45) is 2.92. The van der Waals surface area contributed by atoms with Crippen LogP contribution in [0, 0.1) is 5.92 Å². The topological polar surface area (TPSA) is 55.4 Å². The van der Waals surface area contributed by atoms with Crippen molar-refractivity contribution in [3.05, 3.63) is 16.0 Å². The molecule has 0 saturated carbocycles. The van der Waals surface area contributed by atoms with Crippen LogP contribution in [-0.2, 0) is 22.4 Å². The Kier molecular flexibility index (Phi) is 5.87. The highest BCUT2D eigenvalue weighted by Gasteiger charge is 2.29. The summed E-state index contributed by atoms with van der Waals surface area (Å²) in [7, 11) is 0. The van der Waals surface area contributed by atoms with Crippen LogP contribution in [0.15, 0.2) is 0 Å². The molecule has 0 saturated heterocycles. The molecule has 1 aromatic rings. The van der Waals surface area contributed by atoms with Crippen molar-refractivity contribution < 1.29 is 14.3 Å². The zero-order valence-electron chi connectivity index (χ0n) is 13.2. The zero-order chi connectivity index (χ0) is 16.3. The molecule has 1 heterocycles. The Labute approximate surface area is 140 Å². The van der Waals surface area contributed by atoms with Gasteiger partial charge in [-0.1, -0.05) is 6.92 Å². The number of alkyl halides is 1. The molecular weight excluding hydrogens is 322 g/mol. The number of rotatable bonds is 5. The largest absolute Gasteiger partial charge is 0.459 e. The lowest BCUT2D eigenvalue weighted by molar-refractivity contribution is -0.115. The van der Waals surface area contributed by atoms with Crippen LogP contribution in [0.5, 0.6) is 0 Å². The Morgan fingerprint density at radius 3 is 2.82 bits per heavy atom. The van der Waals surface area contributed by atoms with E-state index >= 15 is 0 Å². The van der Waals surface area contributed by atoms with Crippen molar-refractivity contribution in [3.63, 3.8) is 0 Å². The van der Waals surface area contributed by atoms with E-state index < -0.39 is 0 Å². The normalized spacial score (nSPS) is 17.2. The minimum absolute atomic E-state index is 0.166. The lowest BCUT2D eigenvalue weighted by Gasteiger charge is -2.18. The summed E-state index contributed by atoms with van der Waals surface area (Å²) in [4.78, 5) is 25.5. The average molecular weight is 344 g/mol. The number of ether oxygens (including phenoxy) is 1. The zero-order valence-corrected chi connectivity index (χ0v) is 14.8. The number of carbonyl (C=O) groups is 2. The summed E-state index contributed by atoms with van der Waals surface area (Å²) in [5.74, 6) is 0.356. The second kappa shape index (κ2) is 7.47. The molecule has 22 heavy (non-hydrogen) atoms. The van der Waals surface area contributed by atoms with Crippen LogP contribution in [0.4, 0.5) is 5.00 Å². The first-order chi connectivity index (χ1) is 10.4. The Balaban J connectivity index is 2.34. The fourth-order valence-corrected chi connectivity index (χ4v) is 4.19. The number of amides is 1. The van der Waals surface area contributed by atoms with Gasteiger partial charge in [-0.25, -0.2) is 4.79 Å². The van der Waals surface area contributed by atoms with Gasteiger partial charge in [0.2, 0.25) is 5.91 Å². The van der Waals surface area contributed by atoms with E-state index in [1.54, 1.807) is 0 Å². The Morgan fingerprint density at radius 1 is 1.45 bits per heavy atom. The van der Waals surface area contributed by atoms with Crippen molar-refractivity contribution in [1.29, 1.82) is 0 Å². The summed E-state index contributed by atoms with van der Waals surface area (Å²) in [6, 6.07) is 0. The number of halogens is 1. The van der Waals surface area contributed by atoms with E-state index in [1.807, 2.05) is 13.8 Å². The lowest BCUT2D eigenvalue weighted by atomic mass is 9.88. The molecule has 6 heteroatoms. The molecule has 1 aromatic heterocycles. The van der Waals surface area contributed by atoms with Gasteiger partial charge in [-0.15, -0.1) is 22.9 Å². The maximum Gasteiger partial charge on any atom is 0.341 e. The minimum Gasteiger partial charge on any atom is -0.459 e. The average Bonchev–Trinajstić information content (AvgIpc) is 2.74. The summed E-state index contributed by atoms with van der Waals surface area (Å²) >= 11 is 7.10. The smallest absolute Gasteiger partial charge is 0.341 e. The molecule has 4 nitrogen and oxygen atoms in total. The predicted octanol–water partition coefficient (Wildman–Crippen LogP) is 4.01. The van der Waals surface area contributed by atoms with E-state index in [2.05, 4.69) is 12.2 Å². The first-order valence-corrected chi connectivity index (χ1v) is 8.98. The molecule has 0 radical (unpaired) electrons. The number of fused-ring (bicyclic) bond motifs is 1. The highest BCUT2D eigenvalue weighted by atomic mass is 35.5. The first kappa shape index (κ1) is 17.3. The van der Waals surface area contributed by atoms with E-state index in [1.165, 1.54) is 16.2 Å². The SMILES string of the molecule is CC(C)OC(=O)c1c(NC(=O)CCCl)sc2c1CC[C@@H](C)C2. The highest BCUT2D eigenvalue weighted by molar-refractivity contribution is 7.17. The number of hydrogen-bond donors (Lipinski definition) is 1. The van der Waals surface area contributed by atoms with E-state index in [9.17, 15) is 9.59 Å². The van der Waals surface area contributed by atoms with Gasteiger partial charge in [-0.2, -0.15) is 0 Å². The Hall–Kier alpha value is -1.07. The number of carbonyl (C=O) groups excluding carboxylic acids is 2. The van der Waals surface area contributed by atoms with Crippen LogP contribution in [0.2, 0.25) is 0 Å². The molecular formula is C16H22ClNO3S. The van der Waals surface area contributed by atoms with Crippen LogP contribution in [0.1, 0.15) is 54.4 Å². The number of esters is 1. The van der Waals surface area contributed by atoms with Crippen molar-refractivity contribution in [2.24, 2.45) is 5.92 Å². The van der Waals surface area contributed by atoms with Crippen LogP contribution >= 0.6 is 22.9 Å². The molecule has 0 bridgehead atoms. The van der Waals surface area contributed by atoms with Gasteiger partial charge in [-0.3, -0.25) is 4.79 Å². The molecule has 1 aliphatic carbocycles. The second-order valence-corrected chi connectivity index (χ2v) is 7.48. The maximum absolute atomic E-state index is 12.4. The summed E-state index contributed by atoms with van der Waals surface area (Å²) in [5, 5.41) is 3.44. The molecule has 1 N–H and O–H groups in total. The monoisotopic (exact) mass is 343 g/mol. The van der Waals surface area contributed by atoms with Gasteiger partial charge in [-0.05, 0) is 44.6 Å². The summed E-state index contributed by atoms with van der Waals surface area (Å²) in [5.41, 5.74) is 1.60. The molecule has 1 atom stereocenters. The van der Waals surface area contributed by atoms with E-state index in [0.717, 1.165) is 24.8 Å².